The molecular formula is C13H18N4O3. The molecular weight excluding hydrogens is 260 g/mol. The molecule has 1 heterocycles. The van der Waals surface area contributed by atoms with Crippen molar-refractivity contribution in [3.63, 3.8) is 0 Å². The Morgan fingerprint density at radius 1 is 1.50 bits per heavy atom. The van der Waals surface area contributed by atoms with Crippen molar-refractivity contribution in [1.29, 1.82) is 0 Å². The smallest absolute Gasteiger partial charge is 0.292 e. The highest BCUT2D eigenvalue weighted by atomic mass is 16.6. The molecule has 0 bridgehead atoms. The molecule has 1 aliphatic rings. The maximum absolute atomic E-state index is 11.9. The van der Waals surface area contributed by atoms with Crippen LogP contribution < -0.4 is 11.1 Å². The lowest BCUT2D eigenvalue weighted by Crippen LogP contribution is -2.45. The van der Waals surface area contributed by atoms with Gasteiger partial charge in [0.25, 0.3) is 5.69 Å². The van der Waals surface area contributed by atoms with Gasteiger partial charge in [0, 0.05) is 18.7 Å². The molecule has 7 heteroatoms. The Bertz CT molecular complexity index is 506. The van der Waals surface area contributed by atoms with E-state index in [0.29, 0.717) is 6.54 Å². The van der Waals surface area contributed by atoms with Crippen LogP contribution in [0.4, 0.5) is 11.4 Å². The lowest BCUT2D eigenvalue weighted by molar-refractivity contribution is -0.383. The number of hydrogen-bond donors (Lipinski definition) is 2. The average Bonchev–Trinajstić information content (AvgIpc) is 2.38. The van der Waals surface area contributed by atoms with Crippen LogP contribution in [0.3, 0.4) is 0 Å². The number of benzene rings is 1. The minimum atomic E-state index is -0.508. The highest BCUT2D eigenvalue weighted by Gasteiger charge is 2.20. The van der Waals surface area contributed by atoms with Gasteiger partial charge in [0.15, 0.2) is 0 Å². The molecule has 1 aliphatic heterocycles. The van der Waals surface area contributed by atoms with Crippen LogP contribution in [0.25, 0.3) is 0 Å². The molecule has 0 saturated carbocycles. The summed E-state index contributed by atoms with van der Waals surface area (Å²) in [6, 6.07) is 6.21. The summed E-state index contributed by atoms with van der Waals surface area (Å²) in [6.07, 6.45) is 1.95. The van der Waals surface area contributed by atoms with Gasteiger partial charge in [-0.1, -0.05) is 12.1 Å². The summed E-state index contributed by atoms with van der Waals surface area (Å²) < 4.78 is 0. The van der Waals surface area contributed by atoms with Crippen LogP contribution in [-0.4, -0.2) is 41.4 Å². The lowest BCUT2D eigenvalue weighted by Gasteiger charge is -2.29. The SMILES string of the molecule is NC1CCCN(CC(=O)Nc2ccccc2[N+](=O)[O-])C1. The van der Waals surface area contributed by atoms with Crippen LogP contribution in [0.15, 0.2) is 24.3 Å². The summed E-state index contributed by atoms with van der Waals surface area (Å²) in [5, 5.41) is 13.5. The number of nitro groups is 1. The Morgan fingerprint density at radius 2 is 2.25 bits per heavy atom. The number of nitrogens with two attached hydrogens (primary N) is 1. The average molecular weight is 278 g/mol. The van der Waals surface area contributed by atoms with E-state index in [9.17, 15) is 14.9 Å². The summed E-state index contributed by atoms with van der Waals surface area (Å²) in [5.74, 6) is -0.256. The fraction of sp³-hybridized carbons (Fsp3) is 0.462. The van der Waals surface area contributed by atoms with Crippen molar-refractivity contribution >= 4 is 17.3 Å². The number of amides is 1. The van der Waals surface area contributed by atoms with Crippen molar-refractivity contribution in [2.45, 2.75) is 18.9 Å². The number of nitrogens with zero attached hydrogens (tertiary/aromatic N) is 2. The molecule has 0 radical (unpaired) electrons. The molecule has 108 valence electrons. The van der Waals surface area contributed by atoms with Crippen molar-refractivity contribution in [3.8, 4) is 0 Å². The van der Waals surface area contributed by atoms with Gasteiger partial charge in [-0.2, -0.15) is 0 Å². The van der Waals surface area contributed by atoms with E-state index in [1.54, 1.807) is 12.1 Å². The minimum absolute atomic E-state index is 0.0996. The van der Waals surface area contributed by atoms with Gasteiger partial charge >= 0.3 is 0 Å². The Morgan fingerprint density at radius 3 is 2.95 bits per heavy atom. The van der Waals surface area contributed by atoms with E-state index in [4.69, 9.17) is 5.73 Å². The van der Waals surface area contributed by atoms with Crippen molar-refractivity contribution < 1.29 is 9.72 Å². The number of nitrogens with one attached hydrogen (secondary N) is 1. The van der Waals surface area contributed by atoms with Gasteiger partial charge in [0.05, 0.1) is 11.5 Å². The molecule has 1 aromatic carbocycles. The highest BCUT2D eigenvalue weighted by molar-refractivity contribution is 5.94. The monoisotopic (exact) mass is 278 g/mol. The Hall–Kier alpha value is -1.99. The van der Waals surface area contributed by atoms with Crippen molar-refractivity contribution in [1.82, 2.24) is 4.90 Å². The second-order valence-electron chi connectivity index (χ2n) is 4.96. The third-order valence-corrected chi connectivity index (χ3v) is 3.28. The predicted octanol–water partition coefficient (Wildman–Crippen LogP) is 0.956. The molecule has 1 fully saturated rings. The summed E-state index contributed by atoms with van der Waals surface area (Å²) in [7, 11) is 0. The molecule has 0 aromatic heterocycles. The third kappa shape index (κ3) is 3.75. The summed E-state index contributed by atoms with van der Waals surface area (Å²) in [6.45, 7) is 1.72. The Balaban J connectivity index is 1.96. The molecule has 1 aromatic rings. The van der Waals surface area contributed by atoms with Gasteiger partial charge in [-0.15, -0.1) is 0 Å². The van der Waals surface area contributed by atoms with Crippen LogP contribution in [0.1, 0.15) is 12.8 Å². The topological polar surface area (TPSA) is 102 Å². The third-order valence-electron chi connectivity index (χ3n) is 3.28. The zero-order chi connectivity index (χ0) is 14.5. The van der Waals surface area contributed by atoms with E-state index in [1.807, 2.05) is 4.90 Å². The second kappa shape index (κ2) is 6.44. The van der Waals surface area contributed by atoms with Gasteiger partial charge in [-0.25, -0.2) is 0 Å². The first-order valence-corrected chi connectivity index (χ1v) is 6.57. The molecule has 20 heavy (non-hydrogen) atoms. The Labute approximate surface area is 116 Å². The first-order chi connectivity index (χ1) is 9.56. The van der Waals surface area contributed by atoms with Gasteiger partial charge in [-0.05, 0) is 25.5 Å². The number of hydrogen-bond acceptors (Lipinski definition) is 5. The standard InChI is InChI=1S/C13H18N4O3/c14-10-4-3-7-16(8-10)9-13(18)15-11-5-1-2-6-12(11)17(19)20/h1-2,5-6,10H,3-4,7-9,14H2,(H,15,18). The fourth-order valence-corrected chi connectivity index (χ4v) is 2.37. The molecule has 7 nitrogen and oxygen atoms in total. The van der Waals surface area contributed by atoms with Crippen molar-refractivity contribution in [2.75, 3.05) is 25.0 Å². The zero-order valence-electron chi connectivity index (χ0n) is 11.1. The Kier molecular flexibility index (Phi) is 4.65. The number of piperidine rings is 1. The number of nitro benzene ring substituents is 1. The van der Waals surface area contributed by atoms with Gasteiger partial charge in [0.2, 0.25) is 5.91 Å². The maximum Gasteiger partial charge on any atom is 0.292 e. The van der Waals surface area contributed by atoms with E-state index < -0.39 is 4.92 Å². The summed E-state index contributed by atoms with van der Waals surface area (Å²) in [5.41, 5.74) is 5.98. The predicted molar refractivity (Wildman–Crippen MR) is 75.4 cm³/mol. The van der Waals surface area contributed by atoms with E-state index in [0.717, 1.165) is 19.4 Å². The van der Waals surface area contributed by atoms with E-state index in [-0.39, 0.29) is 29.9 Å². The van der Waals surface area contributed by atoms with Crippen molar-refractivity contribution in [2.24, 2.45) is 5.73 Å². The first-order valence-electron chi connectivity index (χ1n) is 6.57. The second-order valence-corrected chi connectivity index (χ2v) is 4.96. The van der Waals surface area contributed by atoms with E-state index >= 15 is 0 Å². The number of likely N-dealkylation sites (tertiary alicyclic amines) is 1. The number of carbonyl (C=O) groups is 1. The molecule has 1 amide bonds. The minimum Gasteiger partial charge on any atom is -0.327 e. The normalized spacial score (nSPS) is 19.6. The number of carbonyl (C=O) groups excluding carboxylic acids is 1. The quantitative estimate of drug-likeness (QED) is 0.631. The van der Waals surface area contributed by atoms with Crippen LogP contribution in [0, 0.1) is 10.1 Å². The van der Waals surface area contributed by atoms with Crippen LogP contribution in [0.5, 0.6) is 0 Å². The highest BCUT2D eigenvalue weighted by Crippen LogP contribution is 2.23. The number of rotatable bonds is 4. The fourth-order valence-electron chi connectivity index (χ4n) is 2.37. The van der Waals surface area contributed by atoms with Gasteiger partial charge in [-0.3, -0.25) is 19.8 Å². The molecule has 0 aliphatic carbocycles. The summed E-state index contributed by atoms with van der Waals surface area (Å²) in [4.78, 5) is 24.3. The van der Waals surface area contributed by atoms with E-state index in [1.165, 1.54) is 12.1 Å². The van der Waals surface area contributed by atoms with Crippen LogP contribution in [0.2, 0.25) is 0 Å². The molecule has 1 saturated heterocycles. The maximum atomic E-state index is 11.9. The van der Waals surface area contributed by atoms with Gasteiger partial charge < -0.3 is 11.1 Å². The van der Waals surface area contributed by atoms with E-state index in [2.05, 4.69) is 5.32 Å². The molecule has 0 spiro atoms. The van der Waals surface area contributed by atoms with Crippen LogP contribution in [-0.2, 0) is 4.79 Å². The zero-order valence-corrected chi connectivity index (χ0v) is 11.1. The van der Waals surface area contributed by atoms with Gasteiger partial charge in [0.1, 0.15) is 5.69 Å². The number of anilines is 1. The van der Waals surface area contributed by atoms with Crippen LogP contribution >= 0.6 is 0 Å². The number of para-hydroxylation sites is 2. The molecule has 3 N–H and O–H groups in total. The lowest BCUT2D eigenvalue weighted by atomic mass is 10.1. The first kappa shape index (κ1) is 14.4. The largest absolute Gasteiger partial charge is 0.327 e. The molecule has 1 unspecified atom stereocenters. The summed E-state index contributed by atoms with van der Waals surface area (Å²) >= 11 is 0. The van der Waals surface area contributed by atoms with Crippen molar-refractivity contribution in [3.05, 3.63) is 34.4 Å². The molecule has 2 rings (SSSR count). The molecule has 1 atom stereocenters.